The lowest BCUT2D eigenvalue weighted by molar-refractivity contribution is -0.276. The molecular weight excluding hydrogens is 556 g/mol. The lowest BCUT2D eigenvalue weighted by Gasteiger charge is -2.62. The van der Waals surface area contributed by atoms with Gasteiger partial charge in [-0.1, -0.05) is 59.4 Å². The summed E-state index contributed by atoms with van der Waals surface area (Å²) in [7, 11) is 0. The van der Waals surface area contributed by atoms with Gasteiger partial charge in [0.25, 0.3) is 0 Å². The maximum Gasteiger partial charge on any atom is 0.309 e. The highest BCUT2D eigenvalue weighted by Gasteiger charge is 2.74. The number of allylic oxidation sites excluding steroid dienone is 2. The fourth-order valence-electron chi connectivity index (χ4n) is 7.05. The fourth-order valence-corrected chi connectivity index (χ4v) is 7.05. The number of ether oxygens (including phenoxy) is 5. The summed E-state index contributed by atoms with van der Waals surface area (Å²) in [6, 6.07) is 0. The van der Waals surface area contributed by atoms with Crippen LogP contribution in [0.4, 0.5) is 0 Å². The van der Waals surface area contributed by atoms with Crippen LogP contribution >= 0.6 is 0 Å². The van der Waals surface area contributed by atoms with Crippen molar-refractivity contribution in [3.8, 4) is 0 Å². The van der Waals surface area contributed by atoms with Crippen molar-refractivity contribution in [1.29, 1.82) is 0 Å². The smallest absolute Gasteiger partial charge is 0.309 e. The first-order valence-corrected chi connectivity index (χ1v) is 15.3. The number of aliphatic hydroxyl groups excluding tert-OH is 1. The zero-order chi connectivity index (χ0) is 32.3. The van der Waals surface area contributed by atoms with Gasteiger partial charge in [0.15, 0.2) is 0 Å². The van der Waals surface area contributed by atoms with Gasteiger partial charge in [0.1, 0.15) is 18.3 Å². The molecular formula is C33H48O10. The minimum Gasteiger partial charge on any atom is -0.459 e. The molecule has 1 saturated heterocycles. The molecule has 0 aromatic carbocycles. The van der Waals surface area contributed by atoms with E-state index < -0.39 is 71.5 Å². The van der Waals surface area contributed by atoms with Crippen LogP contribution in [0.1, 0.15) is 87.0 Å². The van der Waals surface area contributed by atoms with Gasteiger partial charge in [-0.25, -0.2) is 0 Å². The predicted molar refractivity (Wildman–Crippen MR) is 157 cm³/mol. The summed E-state index contributed by atoms with van der Waals surface area (Å²) in [5, 5.41) is 12.3. The highest BCUT2D eigenvalue weighted by atomic mass is 16.8. The van der Waals surface area contributed by atoms with Gasteiger partial charge in [0.2, 0.25) is 12.6 Å². The van der Waals surface area contributed by atoms with E-state index >= 15 is 0 Å². The summed E-state index contributed by atoms with van der Waals surface area (Å²) >= 11 is 0. The Kier molecular flexibility index (Phi) is 11.0. The molecule has 3 aliphatic rings. The van der Waals surface area contributed by atoms with Crippen LogP contribution in [0, 0.1) is 28.6 Å². The molecule has 0 aromatic heterocycles. The molecule has 10 nitrogen and oxygen atoms in total. The molecule has 1 heterocycles. The molecule has 1 saturated carbocycles. The van der Waals surface area contributed by atoms with Crippen molar-refractivity contribution in [3.05, 3.63) is 36.5 Å². The van der Waals surface area contributed by atoms with E-state index in [0.29, 0.717) is 31.3 Å². The average Bonchev–Trinajstić information content (AvgIpc) is 3.24. The predicted octanol–water partition coefficient (Wildman–Crippen LogP) is 4.94. The molecule has 0 radical (unpaired) electrons. The van der Waals surface area contributed by atoms with Crippen molar-refractivity contribution in [2.75, 3.05) is 0 Å². The van der Waals surface area contributed by atoms with Gasteiger partial charge >= 0.3 is 23.9 Å². The van der Waals surface area contributed by atoms with Crippen LogP contribution < -0.4 is 0 Å². The second-order valence-electron chi connectivity index (χ2n) is 12.5. The van der Waals surface area contributed by atoms with Crippen molar-refractivity contribution < 1.29 is 48.0 Å². The van der Waals surface area contributed by atoms with E-state index in [0.717, 1.165) is 5.57 Å². The van der Waals surface area contributed by atoms with Crippen LogP contribution in [0.2, 0.25) is 0 Å². The zero-order valence-electron chi connectivity index (χ0n) is 26.6. The maximum absolute atomic E-state index is 13.0. The van der Waals surface area contributed by atoms with E-state index in [2.05, 4.69) is 13.2 Å². The lowest BCUT2D eigenvalue weighted by atomic mass is 9.44. The Hall–Kier alpha value is -2.98. The van der Waals surface area contributed by atoms with Crippen molar-refractivity contribution in [3.63, 3.8) is 0 Å². The fraction of sp³-hybridized carbons (Fsp3) is 0.697. The summed E-state index contributed by atoms with van der Waals surface area (Å²) in [5.74, 6) is -3.45. The standard InChI is InChI=1S/C33H48O10/c1-10-13-26(36)42-30-24-16-23(41-29(38)19(5)12-3)17-25-32(9,15-14-18(4)11-2)20(6)27(39-21(7)34)28(37)33(24,25)31(43-30)40-22(8)35/h11,16,19-20,23,25,27-28,30-31,37H,2,4,10,12-15,17H2,1,3,5-9H3/t19?,20-,23+,25+,27+,28+,30+,31-,32-,33-/m0/s1. The number of carbonyl (C=O) groups excluding carboxylic acids is 4. The van der Waals surface area contributed by atoms with Gasteiger partial charge in [0, 0.05) is 31.8 Å². The van der Waals surface area contributed by atoms with E-state index in [1.54, 1.807) is 19.1 Å². The normalized spacial score (nSPS) is 35.3. The molecule has 43 heavy (non-hydrogen) atoms. The molecule has 2 fully saturated rings. The highest BCUT2D eigenvalue weighted by molar-refractivity contribution is 5.72. The van der Waals surface area contributed by atoms with E-state index in [1.807, 2.05) is 27.7 Å². The quantitative estimate of drug-likeness (QED) is 0.141. The Morgan fingerprint density at radius 1 is 1.12 bits per heavy atom. The summed E-state index contributed by atoms with van der Waals surface area (Å²) in [4.78, 5) is 50.6. The topological polar surface area (TPSA) is 135 Å². The minimum atomic E-state index is -1.49. The third-order valence-electron chi connectivity index (χ3n) is 9.75. The summed E-state index contributed by atoms with van der Waals surface area (Å²) in [6.45, 7) is 19.9. The summed E-state index contributed by atoms with van der Waals surface area (Å²) < 4.78 is 29.5. The van der Waals surface area contributed by atoms with E-state index in [-0.39, 0.29) is 24.7 Å². The third-order valence-corrected chi connectivity index (χ3v) is 9.75. The minimum absolute atomic E-state index is 0.116. The van der Waals surface area contributed by atoms with Crippen molar-refractivity contribution >= 4 is 23.9 Å². The Bertz CT molecular complexity index is 1140. The second kappa shape index (κ2) is 13.8. The van der Waals surface area contributed by atoms with Crippen LogP contribution in [-0.2, 0) is 42.9 Å². The van der Waals surface area contributed by atoms with E-state index in [9.17, 15) is 24.3 Å². The lowest BCUT2D eigenvalue weighted by Crippen LogP contribution is -2.68. The van der Waals surface area contributed by atoms with Gasteiger partial charge in [-0.3, -0.25) is 23.9 Å². The first-order valence-electron chi connectivity index (χ1n) is 15.3. The van der Waals surface area contributed by atoms with Gasteiger partial charge in [-0.15, -0.1) is 0 Å². The van der Waals surface area contributed by atoms with Crippen LogP contribution in [-0.4, -0.2) is 59.9 Å². The van der Waals surface area contributed by atoms with Crippen LogP contribution in [0.3, 0.4) is 0 Å². The second-order valence-corrected chi connectivity index (χ2v) is 12.5. The Morgan fingerprint density at radius 3 is 2.33 bits per heavy atom. The first-order chi connectivity index (χ1) is 20.2. The highest BCUT2D eigenvalue weighted by Crippen LogP contribution is 2.67. The van der Waals surface area contributed by atoms with Gasteiger partial charge in [-0.2, -0.15) is 0 Å². The molecule has 1 spiro atoms. The Labute approximate surface area is 254 Å². The van der Waals surface area contributed by atoms with Crippen LogP contribution in [0.25, 0.3) is 0 Å². The summed E-state index contributed by atoms with van der Waals surface area (Å²) in [5.41, 5.74) is -1.07. The van der Waals surface area contributed by atoms with Gasteiger partial charge < -0.3 is 24.1 Å². The number of carbonyl (C=O) groups is 4. The number of rotatable bonds is 12. The van der Waals surface area contributed by atoms with Gasteiger partial charge in [-0.05, 0) is 49.5 Å². The molecule has 10 heteroatoms. The molecule has 1 aliphatic heterocycles. The molecule has 0 aromatic rings. The molecule has 1 unspecified atom stereocenters. The number of esters is 4. The SMILES string of the molecule is C=CC(=C)CC[C@]1(C)[C@H]2C[C@H](OC(=O)C(C)CC)C=C3[C@H](OC(=O)CCC)O[C@H](OC(C)=O)[C@@]32[C@H](O)[C@H](OC(C)=O)[C@@H]1C. The molecule has 2 aliphatic carbocycles. The van der Waals surface area contributed by atoms with Crippen LogP contribution in [0.5, 0.6) is 0 Å². The molecule has 3 rings (SSSR count). The van der Waals surface area contributed by atoms with Crippen molar-refractivity contribution in [2.45, 2.75) is 118 Å². The number of hydrogen-bond donors (Lipinski definition) is 1. The summed E-state index contributed by atoms with van der Waals surface area (Å²) in [6.07, 6.45) is 0.00749. The average molecular weight is 605 g/mol. The van der Waals surface area contributed by atoms with Gasteiger partial charge in [0.05, 0.1) is 11.3 Å². The first kappa shape index (κ1) is 34.5. The maximum atomic E-state index is 13.0. The molecule has 240 valence electrons. The van der Waals surface area contributed by atoms with Crippen molar-refractivity contribution in [1.82, 2.24) is 0 Å². The molecule has 0 bridgehead atoms. The molecule has 10 atom stereocenters. The number of hydrogen-bond acceptors (Lipinski definition) is 10. The molecule has 0 amide bonds. The third kappa shape index (κ3) is 6.60. The molecule has 1 N–H and O–H groups in total. The van der Waals surface area contributed by atoms with Crippen LogP contribution in [0.15, 0.2) is 36.5 Å². The number of aliphatic hydroxyl groups is 1. The largest absolute Gasteiger partial charge is 0.459 e. The Balaban J connectivity index is 2.30. The monoisotopic (exact) mass is 604 g/mol. The van der Waals surface area contributed by atoms with E-state index in [1.165, 1.54) is 13.8 Å². The van der Waals surface area contributed by atoms with Crippen molar-refractivity contribution in [2.24, 2.45) is 28.6 Å². The Morgan fingerprint density at radius 2 is 1.77 bits per heavy atom. The van der Waals surface area contributed by atoms with E-state index in [4.69, 9.17) is 23.7 Å². The zero-order valence-corrected chi connectivity index (χ0v) is 26.6.